The van der Waals surface area contributed by atoms with E-state index in [0.29, 0.717) is 17.0 Å². The van der Waals surface area contributed by atoms with Crippen LogP contribution < -0.4 is 5.32 Å². The van der Waals surface area contributed by atoms with Gasteiger partial charge in [-0.1, -0.05) is 24.3 Å². The fourth-order valence-corrected chi connectivity index (χ4v) is 2.78. The van der Waals surface area contributed by atoms with Crippen molar-refractivity contribution in [3.8, 4) is 17.0 Å². The maximum atomic E-state index is 12.5. The molecule has 128 valence electrons. The molecule has 0 spiro atoms. The van der Waals surface area contributed by atoms with Gasteiger partial charge in [0.15, 0.2) is 0 Å². The minimum atomic E-state index is -0.264. The number of H-pyrrole nitrogens is 1. The van der Waals surface area contributed by atoms with Crippen LogP contribution in [0.1, 0.15) is 32.7 Å². The van der Waals surface area contributed by atoms with Gasteiger partial charge in [-0.25, -0.2) is 0 Å². The molecule has 0 aliphatic rings. The van der Waals surface area contributed by atoms with Crippen molar-refractivity contribution in [1.29, 1.82) is 0 Å². The number of aromatic hydroxyl groups is 1. The number of para-hydroxylation sites is 1. The second-order valence-electron chi connectivity index (χ2n) is 6.29. The van der Waals surface area contributed by atoms with Crippen molar-refractivity contribution in [2.45, 2.75) is 27.7 Å². The highest BCUT2D eigenvalue weighted by Crippen LogP contribution is 2.32. The van der Waals surface area contributed by atoms with Gasteiger partial charge < -0.3 is 10.4 Å². The van der Waals surface area contributed by atoms with Gasteiger partial charge in [0, 0.05) is 11.3 Å². The van der Waals surface area contributed by atoms with Crippen molar-refractivity contribution in [2.24, 2.45) is 0 Å². The fraction of sp³-hybridized carbons (Fsp3) is 0.200. The highest BCUT2D eigenvalue weighted by molar-refractivity contribution is 6.04. The summed E-state index contributed by atoms with van der Waals surface area (Å²) >= 11 is 0. The van der Waals surface area contributed by atoms with Crippen molar-refractivity contribution in [3.05, 3.63) is 64.3 Å². The molecule has 3 N–H and O–H groups in total. The molecule has 0 bridgehead atoms. The van der Waals surface area contributed by atoms with Crippen LogP contribution in [0, 0.1) is 27.7 Å². The van der Waals surface area contributed by atoms with E-state index in [4.69, 9.17) is 0 Å². The molecule has 0 unspecified atom stereocenters. The van der Waals surface area contributed by atoms with Crippen LogP contribution in [0.2, 0.25) is 0 Å². The molecule has 3 aromatic rings. The van der Waals surface area contributed by atoms with Crippen LogP contribution in [0.25, 0.3) is 11.3 Å². The van der Waals surface area contributed by atoms with Crippen LogP contribution in [0.5, 0.6) is 5.75 Å². The second kappa shape index (κ2) is 6.43. The van der Waals surface area contributed by atoms with E-state index in [1.807, 2.05) is 52.0 Å². The minimum Gasteiger partial charge on any atom is -0.507 e. The molecule has 1 aromatic heterocycles. The molecule has 0 fully saturated rings. The van der Waals surface area contributed by atoms with E-state index in [1.54, 1.807) is 12.1 Å². The Kier molecular flexibility index (Phi) is 4.31. The number of rotatable bonds is 3. The average Bonchev–Trinajstić information content (AvgIpc) is 3.06. The van der Waals surface area contributed by atoms with E-state index in [9.17, 15) is 9.90 Å². The molecule has 0 atom stereocenters. The number of aromatic amines is 1. The number of hydrogen-bond acceptors (Lipinski definition) is 3. The number of aromatic nitrogens is 2. The first-order valence-corrected chi connectivity index (χ1v) is 8.11. The van der Waals surface area contributed by atoms with Gasteiger partial charge in [-0.05, 0) is 62.1 Å². The number of phenols is 1. The van der Waals surface area contributed by atoms with Gasteiger partial charge in [-0.15, -0.1) is 0 Å². The quantitative estimate of drug-likeness (QED) is 0.669. The van der Waals surface area contributed by atoms with Gasteiger partial charge in [-0.3, -0.25) is 9.89 Å². The molecule has 0 saturated heterocycles. The number of aryl methyl sites for hydroxylation is 3. The average molecular weight is 335 g/mol. The lowest BCUT2D eigenvalue weighted by Crippen LogP contribution is -2.14. The molecule has 0 radical (unpaired) electrons. The predicted molar refractivity (Wildman–Crippen MR) is 99.0 cm³/mol. The Morgan fingerprint density at radius 1 is 1.04 bits per heavy atom. The van der Waals surface area contributed by atoms with Crippen LogP contribution in [0.3, 0.4) is 0 Å². The molecule has 0 aliphatic carbocycles. The Morgan fingerprint density at radius 3 is 2.40 bits per heavy atom. The summed E-state index contributed by atoms with van der Waals surface area (Å²) in [5, 5.41) is 20.2. The second-order valence-corrected chi connectivity index (χ2v) is 6.29. The Labute approximate surface area is 146 Å². The van der Waals surface area contributed by atoms with E-state index in [1.165, 1.54) is 0 Å². The summed E-state index contributed by atoms with van der Waals surface area (Å²) < 4.78 is 0. The van der Waals surface area contributed by atoms with E-state index in [2.05, 4.69) is 15.5 Å². The number of anilines is 1. The van der Waals surface area contributed by atoms with Crippen molar-refractivity contribution in [1.82, 2.24) is 10.2 Å². The van der Waals surface area contributed by atoms with Gasteiger partial charge in [0.05, 0.1) is 5.69 Å². The third kappa shape index (κ3) is 3.13. The molecule has 25 heavy (non-hydrogen) atoms. The Morgan fingerprint density at radius 2 is 1.72 bits per heavy atom. The normalized spacial score (nSPS) is 10.7. The van der Waals surface area contributed by atoms with Crippen molar-refractivity contribution in [2.75, 3.05) is 5.32 Å². The van der Waals surface area contributed by atoms with Crippen LogP contribution in [-0.4, -0.2) is 21.2 Å². The highest BCUT2D eigenvalue weighted by Gasteiger charge is 2.16. The van der Waals surface area contributed by atoms with E-state index in [-0.39, 0.29) is 11.7 Å². The predicted octanol–water partition coefficient (Wildman–Crippen LogP) is 4.27. The summed E-state index contributed by atoms with van der Waals surface area (Å²) in [6.45, 7) is 7.70. The maximum absolute atomic E-state index is 12.5. The summed E-state index contributed by atoms with van der Waals surface area (Å²) in [5.41, 5.74) is 6.09. The largest absolute Gasteiger partial charge is 0.507 e. The SMILES string of the molecule is Cc1ccc(-c2cc(C(=O)Nc3c(C)cccc3C)[nH]n2)c(O)c1C. The molecule has 1 heterocycles. The fourth-order valence-electron chi connectivity index (χ4n) is 2.78. The number of nitrogens with one attached hydrogen (secondary N) is 2. The van der Waals surface area contributed by atoms with Gasteiger partial charge in [0.2, 0.25) is 0 Å². The molecule has 5 heteroatoms. The van der Waals surface area contributed by atoms with Crippen molar-refractivity contribution < 1.29 is 9.90 Å². The lowest BCUT2D eigenvalue weighted by atomic mass is 10.0. The molecule has 0 aliphatic heterocycles. The first-order chi connectivity index (χ1) is 11.9. The van der Waals surface area contributed by atoms with E-state index < -0.39 is 0 Å². The van der Waals surface area contributed by atoms with Gasteiger partial charge in [0.25, 0.3) is 5.91 Å². The summed E-state index contributed by atoms with van der Waals surface area (Å²) in [7, 11) is 0. The molecule has 3 rings (SSSR count). The maximum Gasteiger partial charge on any atom is 0.273 e. The number of carbonyl (C=O) groups excluding carboxylic acids is 1. The van der Waals surface area contributed by atoms with Crippen LogP contribution in [0.15, 0.2) is 36.4 Å². The summed E-state index contributed by atoms with van der Waals surface area (Å²) in [4.78, 5) is 12.5. The zero-order valence-electron chi connectivity index (χ0n) is 14.8. The summed E-state index contributed by atoms with van der Waals surface area (Å²) in [5.74, 6) is -0.0762. The van der Waals surface area contributed by atoms with Crippen molar-refractivity contribution in [3.63, 3.8) is 0 Å². The third-order valence-corrected chi connectivity index (χ3v) is 4.52. The first-order valence-electron chi connectivity index (χ1n) is 8.11. The summed E-state index contributed by atoms with van der Waals surface area (Å²) in [6.07, 6.45) is 0. The van der Waals surface area contributed by atoms with Crippen LogP contribution in [0.4, 0.5) is 5.69 Å². The minimum absolute atomic E-state index is 0.188. The molecule has 2 aromatic carbocycles. The molecular weight excluding hydrogens is 314 g/mol. The number of hydrogen-bond donors (Lipinski definition) is 3. The number of benzene rings is 2. The number of nitrogens with zero attached hydrogens (tertiary/aromatic N) is 1. The summed E-state index contributed by atoms with van der Waals surface area (Å²) in [6, 6.07) is 11.2. The van der Waals surface area contributed by atoms with E-state index in [0.717, 1.165) is 27.9 Å². The Bertz CT molecular complexity index is 937. The number of phenolic OH excluding ortho intramolecular Hbond substituents is 1. The molecule has 1 amide bonds. The molecular formula is C20H21N3O2. The molecule has 0 saturated carbocycles. The zero-order chi connectivity index (χ0) is 18.1. The third-order valence-electron chi connectivity index (χ3n) is 4.52. The van der Waals surface area contributed by atoms with Gasteiger partial charge in [-0.2, -0.15) is 5.10 Å². The monoisotopic (exact) mass is 335 g/mol. The lowest BCUT2D eigenvalue weighted by molar-refractivity contribution is 0.102. The lowest BCUT2D eigenvalue weighted by Gasteiger charge is -2.10. The Balaban J connectivity index is 1.89. The number of carbonyl (C=O) groups is 1. The standard InChI is InChI=1S/C20H21N3O2/c1-11-8-9-15(19(24)14(11)4)16-10-17(23-22-16)20(25)21-18-12(2)6-5-7-13(18)3/h5-10,24H,1-4H3,(H,21,25)(H,22,23). The van der Waals surface area contributed by atoms with Gasteiger partial charge >= 0.3 is 0 Å². The number of amides is 1. The Hall–Kier alpha value is -3.08. The van der Waals surface area contributed by atoms with Crippen molar-refractivity contribution >= 4 is 11.6 Å². The van der Waals surface area contributed by atoms with Crippen LogP contribution in [-0.2, 0) is 0 Å². The molecule has 5 nitrogen and oxygen atoms in total. The highest BCUT2D eigenvalue weighted by atomic mass is 16.3. The van der Waals surface area contributed by atoms with Gasteiger partial charge in [0.1, 0.15) is 11.4 Å². The van der Waals surface area contributed by atoms with E-state index >= 15 is 0 Å². The zero-order valence-corrected chi connectivity index (χ0v) is 14.8. The smallest absolute Gasteiger partial charge is 0.273 e. The van der Waals surface area contributed by atoms with Crippen LogP contribution >= 0.6 is 0 Å². The first kappa shape index (κ1) is 16.8. The topological polar surface area (TPSA) is 78.0 Å².